The third kappa shape index (κ3) is 4.13. The highest BCUT2D eigenvalue weighted by molar-refractivity contribution is 7.11. The lowest BCUT2D eigenvalue weighted by atomic mass is 10.1. The summed E-state index contributed by atoms with van der Waals surface area (Å²) in [4.78, 5) is 27.8. The molecule has 0 radical (unpaired) electrons. The summed E-state index contributed by atoms with van der Waals surface area (Å²) >= 11 is 1.21. The van der Waals surface area contributed by atoms with E-state index in [-0.39, 0.29) is 5.91 Å². The zero-order chi connectivity index (χ0) is 15.2. The number of nitrogens with zero attached hydrogens (tertiary/aromatic N) is 1. The molecule has 0 fully saturated rings. The quantitative estimate of drug-likeness (QED) is 0.858. The Labute approximate surface area is 126 Å². The van der Waals surface area contributed by atoms with Crippen LogP contribution in [0.15, 0.2) is 35.8 Å². The molecule has 1 aromatic heterocycles. The highest BCUT2D eigenvalue weighted by Gasteiger charge is 2.22. The van der Waals surface area contributed by atoms with Crippen molar-refractivity contribution < 1.29 is 14.7 Å². The van der Waals surface area contributed by atoms with E-state index < -0.39 is 12.0 Å². The van der Waals surface area contributed by atoms with Crippen molar-refractivity contribution in [3.63, 3.8) is 0 Å². The summed E-state index contributed by atoms with van der Waals surface area (Å²) in [6.45, 7) is 1.73. The molecular formula is C15H16N2O3S. The number of amides is 1. The molecule has 1 heterocycles. The number of carbonyl (C=O) groups excluding carboxylic acids is 1. The summed E-state index contributed by atoms with van der Waals surface area (Å²) in [5, 5.41) is 11.8. The molecule has 2 aromatic rings. The molecule has 0 saturated heterocycles. The summed E-state index contributed by atoms with van der Waals surface area (Å²) in [6.07, 6.45) is 0.947. The molecule has 0 unspecified atom stereocenters. The molecule has 1 atom stereocenters. The first-order valence-corrected chi connectivity index (χ1v) is 7.43. The van der Waals surface area contributed by atoms with E-state index in [1.165, 1.54) is 11.3 Å². The second kappa shape index (κ2) is 6.99. The van der Waals surface area contributed by atoms with Gasteiger partial charge in [0.25, 0.3) is 5.91 Å². The smallest absolute Gasteiger partial charge is 0.326 e. The molecule has 0 aliphatic carbocycles. The largest absolute Gasteiger partial charge is 0.480 e. The van der Waals surface area contributed by atoms with Crippen LogP contribution in [-0.2, 0) is 11.2 Å². The number of hydrogen-bond donors (Lipinski definition) is 2. The Bertz CT molecular complexity index is 625. The summed E-state index contributed by atoms with van der Waals surface area (Å²) in [5.74, 6) is -1.41. The molecule has 110 valence electrons. The fourth-order valence-corrected chi connectivity index (χ4v) is 2.66. The van der Waals surface area contributed by atoms with E-state index in [1.807, 2.05) is 30.3 Å². The second-order valence-corrected chi connectivity index (χ2v) is 5.51. The van der Waals surface area contributed by atoms with Gasteiger partial charge in [0, 0.05) is 0 Å². The molecule has 1 amide bonds. The van der Waals surface area contributed by atoms with Crippen LogP contribution in [0.2, 0.25) is 0 Å². The van der Waals surface area contributed by atoms with Gasteiger partial charge in [-0.25, -0.2) is 9.78 Å². The Morgan fingerprint density at radius 1 is 1.33 bits per heavy atom. The minimum Gasteiger partial charge on any atom is -0.480 e. The highest BCUT2D eigenvalue weighted by atomic mass is 32.1. The molecule has 21 heavy (non-hydrogen) atoms. The van der Waals surface area contributed by atoms with Gasteiger partial charge in [0.15, 0.2) is 0 Å². The van der Waals surface area contributed by atoms with Crippen LogP contribution in [0.1, 0.15) is 27.3 Å². The van der Waals surface area contributed by atoms with Crippen LogP contribution >= 0.6 is 11.3 Å². The van der Waals surface area contributed by atoms with Gasteiger partial charge in [0.05, 0.1) is 11.2 Å². The van der Waals surface area contributed by atoms with Crippen molar-refractivity contribution >= 4 is 23.2 Å². The van der Waals surface area contributed by atoms with Crippen molar-refractivity contribution in [3.8, 4) is 0 Å². The van der Waals surface area contributed by atoms with Crippen LogP contribution in [0.25, 0.3) is 0 Å². The first-order chi connectivity index (χ1) is 10.1. The minimum atomic E-state index is -1.03. The van der Waals surface area contributed by atoms with Crippen molar-refractivity contribution in [2.75, 3.05) is 0 Å². The number of carboxylic acids is 1. The Balaban J connectivity index is 1.98. The van der Waals surface area contributed by atoms with Gasteiger partial charge in [-0.2, -0.15) is 0 Å². The maximum Gasteiger partial charge on any atom is 0.326 e. The van der Waals surface area contributed by atoms with E-state index in [2.05, 4.69) is 10.3 Å². The van der Waals surface area contributed by atoms with Gasteiger partial charge >= 0.3 is 5.97 Å². The lowest BCUT2D eigenvalue weighted by Gasteiger charge is -2.14. The average molecular weight is 304 g/mol. The van der Waals surface area contributed by atoms with Crippen LogP contribution in [0.4, 0.5) is 0 Å². The Morgan fingerprint density at radius 3 is 2.62 bits per heavy atom. The van der Waals surface area contributed by atoms with Crippen molar-refractivity contribution in [2.24, 2.45) is 0 Å². The lowest BCUT2D eigenvalue weighted by Crippen LogP contribution is -2.41. The van der Waals surface area contributed by atoms with Gasteiger partial charge in [-0.1, -0.05) is 30.3 Å². The van der Waals surface area contributed by atoms with Crippen molar-refractivity contribution in [3.05, 3.63) is 52.0 Å². The van der Waals surface area contributed by atoms with Crippen molar-refractivity contribution in [2.45, 2.75) is 25.8 Å². The number of nitrogens with one attached hydrogen (secondary N) is 1. The molecule has 1 aromatic carbocycles. The number of carboxylic acid groups (broad SMARTS) is 1. The fraction of sp³-hybridized carbons (Fsp3) is 0.267. The van der Waals surface area contributed by atoms with Crippen LogP contribution in [0, 0.1) is 6.92 Å². The first kappa shape index (κ1) is 15.2. The number of hydrogen-bond acceptors (Lipinski definition) is 4. The van der Waals surface area contributed by atoms with E-state index >= 15 is 0 Å². The predicted molar refractivity (Wildman–Crippen MR) is 80.5 cm³/mol. The standard InChI is InChI=1S/C15H16N2O3S/c1-10-13(21-9-16-10)14(18)17-12(15(19)20)8-7-11-5-3-2-4-6-11/h2-6,9,12H,7-8H2,1H3,(H,17,18)(H,19,20)/t12-/m0/s1. The normalized spacial score (nSPS) is 11.9. The van der Waals surface area contributed by atoms with E-state index in [9.17, 15) is 14.7 Å². The molecule has 2 N–H and O–H groups in total. The highest BCUT2D eigenvalue weighted by Crippen LogP contribution is 2.13. The van der Waals surface area contributed by atoms with E-state index in [4.69, 9.17) is 0 Å². The van der Waals surface area contributed by atoms with Gasteiger partial charge in [-0.15, -0.1) is 11.3 Å². The number of thiazole rings is 1. The molecule has 5 nitrogen and oxygen atoms in total. The first-order valence-electron chi connectivity index (χ1n) is 6.55. The van der Waals surface area contributed by atoms with Crippen LogP contribution < -0.4 is 5.32 Å². The SMILES string of the molecule is Cc1ncsc1C(=O)N[C@@H](CCc1ccccc1)C(=O)O. The Hall–Kier alpha value is -2.21. The molecular weight excluding hydrogens is 288 g/mol. The summed E-state index contributed by atoms with van der Waals surface area (Å²) in [6, 6.07) is 8.70. The molecule has 0 aliphatic rings. The molecule has 6 heteroatoms. The minimum absolute atomic E-state index is 0.350. The summed E-state index contributed by atoms with van der Waals surface area (Å²) < 4.78 is 0. The maximum atomic E-state index is 12.0. The summed E-state index contributed by atoms with van der Waals surface area (Å²) in [5.41, 5.74) is 3.24. The fourth-order valence-electron chi connectivity index (χ4n) is 1.96. The van der Waals surface area contributed by atoms with Gasteiger partial charge in [0.1, 0.15) is 10.9 Å². The second-order valence-electron chi connectivity index (χ2n) is 4.66. The topological polar surface area (TPSA) is 79.3 Å². The van der Waals surface area contributed by atoms with E-state index in [1.54, 1.807) is 12.4 Å². The molecule has 2 rings (SSSR count). The molecule has 0 saturated carbocycles. The Kier molecular flexibility index (Phi) is 5.05. The monoisotopic (exact) mass is 304 g/mol. The third-order valence-corrected chi connectivity index (χ3v) is 4.05. The lowest BCUT2D eigenvalue weighted by molar-refractivity contribution is -0.139. The number of aromatic nitrogens is 1. The van der Waals surface area contributed by atoms with Crippen LogP contribution in [0.5, 0.6) is 0 Å². The maximum absolute atomic E-state index is 12.0. The van der Waals surface area contributed by atoms with Crippen LogP contribution in [0.3, 0.4) is 0 Å². The van der Waals surface area contributed by atoms with Crippen molar-refractivity contribution in [1.29, 1.82) is 0 Å². The average Bonchev–Trinajstić information content (AvgIpc) is 2.90. The van der Waals surface area contributed by atoms with E-state index in [0.717, 1.165) is 5.56 Å². The summed E-state index contributed by atoms with van der Waals surface area (Å²) in [7, 11) is 0. The molecule has 0 aliphatic heterocycles. The van der Waals surface area contributed by atoms with Gasteiger partial charge in [0.2, 0.25) is 0 Å². The number of benzene rings is 1. The van der Waals surface area contributed by atoms with Crippen LogP contribution in [-0.4, -0.2) is 28.0 Å². The predicted octanol–water partition coefficient (Wildman–Crippen LogP) is 2.27. The number of carbonyl (C=O) groups is 2. The zero-order valence-electron chi connectivity index (χ0n) is 11.6. The van der Waals surface area contributed by atoms with Gasteiger partial charge in [-0.05, 0) is 25.3 Å². The number of aliphatic carboxylic acids is 1. The third-order valence-electron chi connectivity index (χ3n) is 3.12. The number of rotatable bonds is 6. The van der Waals surface area contributed by atoms with Gasteiger partial charge in [-0.3, -0.25) is 4.79 Å². The molecule has 0 bridgehead atoms. The number of aryl methyl sites for hydroxylation is 2. The molecule has 0 spiro atoms. The van der Waals surface area contributed by atoms with Crippen molar-refractivity contribution in [1.82, 2.24) is 10.3 Å². The Morgan fingerprint density at radius 2 is 2.05 bits per heavy atom. The van der Waals surface area contributed by atoms with Gasteiger partial charge < -0.3 is 10.4 Å². The van der Waals surface area contributed by atoms with E-state index in [0.29, 0.717) is 23.4 Å². The zero-order valence-corrected chi connectivity index (χ0v) is 12.4.